The first-order valence-corrected chi connectivity index (χ1v) is 11.1. The Morgan fingerprint density at radius 1 is 1.16 bits per heavy atom. The van der Waals surface area contributed by atoms with Crippen molar-refractivity contribution in [2.24, 2.45) is 0 Å². The second-order valence-corrected chi connectivity index (χ2v) is 9.10. The Morgan fingerprint density at radius 3 is 2.55 bits per heavy atom. The zero-order chi connectivity index (χ0) is 22.8. The van der Waals surface area contributed by atoms with Crippen LogP contribution in [0, 0.1) is 19.7 Å². The van der Waals surface area contributed by atoms with Crippen molar-refractivity contribution in [3.8, 4) is 10.6 Å². The maximum absolute atomic E-state index is 13.9. The molecule has 9 heteroatoms. The molecule has 3 aromatic rings. The molecule has 1 aromatic heterocycles. The predicted molar refractivity (Wildman–Crippen MR) is 114 cm³/mol. The van der Waals surface area contributed by atoms with Crippen molar-refractivity contribution in [3.63, 3.8) is 0 Å². The van der Waals surface area contributed by atoms with Crippen LogP contribution < -0.4 is 0 Å². The van der Waals surface area contributed by atoms with Gasteiger partial charge >= 0.3 is 12.1 Å². The van der Waals surface area contributed by atoms with Crippen molar-refractivity contribution in [1.29, 1.82) is 0 Å². The first-order chi connectivity index (χ1) is 14.5. The van der Waals surface area contributed by atoms with Crippen molar-refractivity contribution >= 4 is 29.1 Å². The zero-order valence-corrected chi connectivity index (χ0v) is 18.3. The molecule has 0 unspecified atom stereocenters. The lowest BCUT2D eigenvalue weighted by Gasteiger charge is -2.08. The smallest absolute Gasteiger partial charge is 0.419 e. The second kappa shape index (κ2) is 9.40. The Bertz CT molecular complexity index is 1110. The molecular formula is C22H19F4NO2S2. The largest absolute Gasteiger partial charge is 0.481 e. The number of carbonyl (C=O) groups is 1. The zero-order valence-electron chi connectivity index (χ0n) is 16.7. The Kier molecular flexibility index (Phi) is 7.06. The number of hydrogen-bond donors (Lipinski definition) is 1. The van der Waals surface area contributed by atoms with Gasteiger partial charge in [-0.2, -0.15) is 13.2 Å². The summed E-state index contributed by atoms with van der Waals surface area (Å²) in [7, 11) is 0. The highest BCUT2D eigenvalue weighted by molar-refractivity contribution is 7.98. The third-order valence-corrected chi connectivity index (χ3v) is 7.23. The Morgan fingerprint density at radius 2 is 1.90 bits per heavy atom. The van der Waals surface area contributed by atoms with Crippen LogP contribution in [0.4, 0.5) is 17.6 Å². The van der Waals surface area contributed by atoms with Crippen LogP contribution in [0.25, 0.3) is 10.6 Å². The number of rotatable bonds is 7. The highest BCUT2D eigenvalue weighted by Gasteiger charge is 2.34. The van der Waals surface area contributed by atoms with Gasteiger partial charge in [-0.1, -0.05) is 18.2 Å². The number of thioether (sulfide) groups is 1. The fraction of sp³-hybridized carbons (Fsp3) is 0.273. The summed E-state index contributed by atoms with van der Waals surface area (Å²) in [5, 5.41) is 9.33. The van der Waals surface area contributed by atoms with Crippen LogP contribution in [0.1, 0.15) is 33.7 Å². The summed E-state index contributed by atoms with van der Waals surface area (Å²) in [5.74, 6) is -1.57. The predicted octanol–water partition coefficient (Wildman–Crippen LogP) is 6.89. The van der Waals surface area contributed by atoms with Gasteiger partial charge in [0.25, 0.3) is 0 Å². The minimum absolute atomic E-state index is 0.0637. The number of benzene rings is 2. The van der Waals surface area contributed by atoms with Gasteiger partial charge in [-0.3, -0.25) is 4.79 Å². The number of carboxylic acids is 1. The van der Waals surface area contributed by atoms with E-state index in [-0.39, 0.29) is 6.42 Å². The Labute approximate surface area is 185 Å². The van der Waals surface area contributed by atoms with Gasteiger partial charge in [-0.25, -0.2) is 9.37 Å². The van der Waals surface area contributed by atoms with Crippen LogP contribution in [0.5, 0.6) is 0 Å². The molecule has 0 saturated carbocycles. The fourth-order valence-corrected chi connectivity index (χ4v) is 5.21. The maximum Gasteiger partial charge on any atom is 0.419 e. The van der Waals surface area contributed by atoms with Crippen molar-refractivity contribution < 1.29 is 27.5 Å². The maximum atomic E-state index is 13.9. The van der Waals surface area contributed by atoms with Crippen LogP contribution in [-0.4, -0.2) is 16.1 Å². The topological polar surface area (TPSA) is 50.2 Å². The first-order valence-electron chi connectivity index (χ1n) is 9.32. The number of halogens is 4. The number of aromatic nitrogens is 1. The van der Waals surface area contributed by atoms with Crippen LogP contribution in [0.15, 0.2) is 41.3 Å². The third-order valence-electron chi connectivity index (χ3n) is 4.65. The van der Waals surface area contributed by atoms with Gasteiger partial charge < -0.3 is 5.11 Å². The molecule has 164 valence electrons. The number of aliphatic carboxylic acids is 1. The van der Waals surface area contributed by atoms with E-state index in [9.17, 15) is 22.4 Å². The highest BCUT2D eigenvalue weighted by Crippen LogP contribution is 2.37. The summed E-state index contributed by atoms with van der Waals surface area (Å²) in [6.45, 7) is 3.78. The SMILES string of the molecule is Cc1ccc(CCC(=O)O)cc1SCc1sc(-c2ccc(C(F)(F)F)c(F)c2)nc1C. The minimum Gasteiger partial charge on any atom is -0.481 e. The molecule has 0 fully saturated rings. The van der Waals surface area contributed by atoms with E-state index < -0.39 is 23.5 Å². The molecule has 0 bridgehead atoms. The molecule has 0 amide bonds. The minimum atomic E-state index is -4.74. The van der Waals surface area contributed by atoms with E-state index >= 15 is 0 Å². The molecular weight excluding hydrogens is 450 g/mol. The van der Waals surface area contributed by atoms with Gasteiger partial charge in [0.1, 0.15) is 10.8 Å². The van der Waals surface area contributed by atoms with Crippen molar-refractivity contribution in [1.82, 2.24) is 4.98 Å². The third kappa shape index (κ3) is 5.86. The van der Waals surface area contributed by atoms with Gasteiger partial charge in [-0.05, 0) is 49.6 Å². The van der Waals surface area contributed by atoms with E-state index in [0.29, 0.717) is 22.7 Å². The van der Waals surface area contributed by atoms with Crippen LogP contribution in [0.2, 0.25) is 0 Å². The molecule has 3 rings (SSSR count). The molecule has 1 heterocycles. The number of alkyl halides is 3. The second-order valence-electron chi connectivity index (χ2n) is 7.00. The number of carboxylic acid groups (broad SMARTS) is 1. The van der Waals surface area contributed by atoms with Gasteiger partial charge in [0, 0.05) is 27.5 Å². The van der Waals surface area contributed by atoms with E-state index in [0.717, 1.165) is 38.7 Å². The van der Waals surface area contributed by atoms with Crippen molar-refractivity contribution in [2.75, 3.05) is 0 Å². The number of hydrogen-bond acceptors (Lipinski definition) is 4. The lowest BCUT2D eigenvalue weighted by atomic mass is 10.1. The molecule has 0 atom stereocenters. The van der Waals surface area contributed by atoms with Crippen LogP contribution in [-0.2, 0) is 23.1 Å². The van der Waals surface area contributed by atoms with Gasteiger partial charge in [0.15, 0.2) is 0 Å². The van der Waals surface area contributed by atoms with E-state index in [1.165, 1.54) is 17.4 Å². The molecule has 3 nitrogen and oxygen atoms in total. The van der Waals surface area contributed by atoms with Gasteiger partial charge in [0.05, 0.1) is 11.3 Å². The normalized spacial score (nSPS) is 11.7. The molecule has 0 aliphatic carbocycles. The van der Waals surface area contributed by atoms with Crippen molar-refractivity contribution in [3.05, 3.63) is 69.5 Å². The van der Waals surface area contributed by atoms with Crippen LogP contribution in [0.3, 0.4) is 0 Å². The van der Waals surface area contributed by atoms with Crippen LogP contribution >= 0.6 is 23.1 Å². The summed E-state index contributed by atoms with van der Waals surface area (Å²) >= 11 is 2.90. The van der Waals surface area contributed by atoms with E-state index in [1.807, 2.05) is 32.0 Å². The number of aryl methyl sites for hydroxylation is 3. The molecule has 0 spiro atoms. The molecule has 1 N–H and O–H groups in total. The summed E-state index contributed by atoms with van der Waals surface area (Å²) < 4.78 is 52.2. The Balaban J connectivity index is 1.76. The van der Waals surface area contributed by atoms with Gasteiger partial charge in [-0.15, -0.1) is 23.1 Å². The van der Waals surface area contributed by atoms with E-state index in [4.69, 9.17) is 5.11 Å². The standard InChI is InChI=1S/C22H19F4NO2S2/c1-12-3-4-14(5-8-20(28)29)9-18(12)30-11-19-13(2)27-21(31-19)15-6-7-16(17(23)10-15)22(24,25)26/h3-4,6-7,9-10H,5,8,11H2,1-2H3,(H,28,29). The molecule has 0 radical (unpaired) electrons. The quantitative estimate of drug-likeness (QED) is 0.302. The lowest BCUT2D eigenvalue weighted by Crippen LogP contribution is -2.07. The number of thiazole rings is 1. The monoisotopic (exact) mass is 469 g/mol. The summed E-state index contributed by atoms with van der Waals surface area (Å²) in [5.41, 5.74) is 1.77. The molecule has 31 heavy (non-hydrogen) atoms. The van der Waals surface area contributed by atoms with E-state index in [1.54, 1.807) is 11.8 Å². The summed E-state index contributed by atoms with van der Waals surface area (Å²) in [4.78, 5) is 17.2. The number of nitrogens with zero attached hydrogens (tertiary/aromatic N) is 1. The summed E-state index contributed by atoms with van der Waals surface area (Å²) in [6.07, 6.45) is -4.22. The molecule has 0 aliphatic heterocycles. The molecule has 0 saturated heterocycles. The van der Waals surface area contributed by atoms with E-state index in [2.05, 4.69) is 4.98 Å². The fourth-order valence-electron chi connectivity index (χ4n) is 2.91. The summed E-state index contributed by atoms with van der Waals surface area (Å²) in [6, 6.07) is 8.69. The molecule has 2 aromatic carbocycles. The first kappa shape index (κ1) is 23.3. The lowest BCUT2D eigenvalue weighted by molar-refractivity contribution is -0.140. The van der Waals surface area contributed by atoms with Crippen molar-refractivity contribution in [2.45, 2.75) is 43.5 Å². The average Bonchev–Trinajstić information content (AvgIpc) is 3.06. The highest BCUT2D eigenvalue weighted by atomic mass is 32.2. The average molecular weight is 470 g/mol. The van der Waals surface area contributed by atoms with Gasteiger partial charge in [0.2, 0.25) is 0 Å². The molecule has 0 aliphatic rings. The Hall–Kier alpha value is -2.39.